The molecule has 1 aliphatic carbocycles. The molecule has 2 aromatic carbocycles. The van der Waals surface area contributed by atoms with Crippen molar-refractivity contribution in [2.75, 3.05) is 6.61 Å². The number of halogens is 2. The van der Waals surface area contributed by atoms with E-state index in [1.54, 1.807) is 6.07 Å². The van der Waals surface area contributed by atoms with Crippen LogP contribution in [0.3, 0.4) is 0 Å². The maximum absolute atomic E-state index is 13.6. The minimum atomic E-state index is -0.690. The summed E-state index contributed by atoms with van der Waals surface area (Å²) < 4.78 is 8.64. The molecule has 1 saturated carbocycles. The van der Waals surface area contributed by atoms with Gasteiger partial charge < -0.3 is 9.30 Å². The summed E-state index contributed by atoms with van der Waals surface area (Å²) in [5.74, 6) is -0.0211. The molecule has 9 heteroatoms. The highest BCUT2D eigenvalue weighted by atomic mass is 79.9. The fraction of sp³-hybridized carbons (Fsp3) is 0.304. The number of amides is 1. The molecule has 3 aromatic rings. The van der Waals surface area contributed by atoms with Gasteiger partial charge in [0.25, 0.3) is 0 Å². The Labute approximate surface area is 197 Å². The highest BCUT2D eigenvalue weighted by molar-refractivity contribution is 9.10. The van der Waals surface area contributed by atoms with Gasteiger partial charge in [-0.25, -0.2) is 0 Å². The Morgan fingerprint density at radius 1 is 1.28 bits per heavy atom. The second-order valence-corrected chi connectivity index (χ2v) is 9.79. The van der Waals surface area contributed by atoms with Crippen LogP contribution in [0.5, 0.6) is 5.75 Å². The number of carbonyl (C=O) groups is 2. The first-order valence-electron chi connectivity index (χ1n) is 10.2. The molecular weight excluding hydrogens is 496 g/mol. The van der Waals surface area contributed by atoms with E-state index >= 15 is 0 Å². The molecule has 1 atom stereocenters. The molecule has 32 heavy (non-hydrogen) atoms. The van der Waals surface area contributed by atoms with E-state index < -0.39 is 11.3 Å². The molecule has 1 aliphatic heterocycles. The maximum atomic E-state index is 13.6. The third-order valence-corrected chi connectivity index (χ3v) is 7.05. The van der Waals surface area contributed by atoms with Crippen LogP contribution in [0.15, 0.2) is 52.2 Å². The molecule has 0 bridgehead atoms. The van der Waals surface area contributed by atoms with Gasteiger partial charge in [-0.1, -0.05) is 33.6 Å². The molecule has 0 saturated heterocycles. The lowest BCUT2D eigenvalue weighted by molar-refractivity contribution is -0.123. The Bertz CT molecular complexity index is 1320. The fourth-order valence-electron chi connectivity index (χ4n) is 4.41. The van der Waals surface area contributed by atoms with Gasteiger partial charge in [-0.3, -0.25) is 9.59 Å². The lowest BCUT2D eigenvalue weighted by Crippen LogP contribution is -2.28. The molecule has 5 rings (SSSR count). The van der Waals surface area contributed by atoms with Crippen LogP contribution < -0.4 is 4.74 Å². The van der Waals surface area contributed by atoms with Crippen molar-refractivity contribution in [3.63, 3.8) is 0 Å². The smallest absolute Gasteiger partial charge is 0.226 e. The molecule has 0 spiro atoms. The van der Waals surface area contributed by atoms with Crippen LogP contribution in [0.2, 0.25) is 5.02 Å². The lowest BCUT2D eigenvalue weighted by atomic mass is 9.89. The lowest BCUT2D eigenvalue weighted by Gasteiger charge is -2.24. The highest BCUT2D eigenvalue weighted by Gasteiger charge is 2.49. The van der Waals surface area contributed by atoms with Crippen LogP contribution >= 0.6 is 27.5 Å². The molecule has 7 nitrogen and oxygen atoms in total. The van der Waals surface area contributed by atoms with Crippen molar-refractivity contribution in [2.45, 2.75) is 25.8 Å². The summed E-state index contributed by atoms with van der Waals surface area (Å²) in [6.07, 6.45) is 3.69. The highest BCUT2D eigenvalue weighted by Crippen LogP contribution is 2.49. The number of rotatable bonds is 5. The molecule has 1 amide bonds. The third-order valence-electron chi connectivity index (χ3n) is 6.33. The number of fused-ring (bicyclic) bond motifs is 2. The molecule has 2 aliphatic rings. The van der Waals surface area contributed by atoms with Crippen molar-refractivity contribution in [3.8, 4) is 5.75 Å². The predicted octanol–water partition coefficient (Wildman–Crippen LogP) is 6.11. The third kappa shape index (κ3) is 3.68. The van der Waals surface area contributed by atoms with Crippen molar-refractivity contribution in [1.82, 2.24) is 4.57 Å². The van der Waals surface area contributed by atoms with E-state index in [9.17, 15) is 9.59 Å². The summed E-state index contributed by atoms with van der Waals surface area (Å²) in [5, 5.41) is 4.75. The largest absolute Gasteiger partial charge is 0.493 e. The second-order valence-electron chi connectivity index (χ2n) is 8.44. The van der Waals surface area contributed by atoms with E-state index in [1.165, 1.54) is 0 Å². The molecule has 1 aromatic heterocycles. The average Bonchev–Trinajstić information content (AvgIpc) is 3.49. The van der Waals surface area contributed by atoms with E-state index in [2.05, 4.69) is 26.0 Å². The van der Waals surface area contributed by atoms with Crippen LogP contribution in [-0.4, -0.2) is 22.9 Å². The minimum absolute atomic E-state index is 0.00656. The van der Waals surface area contributed by atoms with Gasteiger partial charge in [-0.2, -0.15) is 0 Å². The Balaban J connectivity index is 1.50. The molecule has 162 valence electrons. The zero-order valence-corrected chi connectivity index (χ0v) is 19.3. The normalized spacial score (nSPS) is 18.4. The van der Waals surface area contributed by atoms with Crippen LogP contribution in [0.25, 0.3) is 21.3 Å². The second kappa shape index (κ2) is 7.96. The number of azide groups is 1. The summed E-state index contributed by atoms with van der Waals surface area (Å²) in [5.41, 5.74) is 10.3. The van der Waals surface area contributed by atoms with Crippen molar-refractivity contribution >= 4 is 50.1 Å². The first-order chi connectivity index (χ1) is 15.4. The van der Waals surface area contributed by atoms with E-state index in [4.69, 9.17) is 21.9 Å². The van der Waals surface area contributed by atoms with Crippen molar-refractivity contribution in [1.29, 1.82) is 0 Å². The summed E-state index contributed by atoms with van der Waals surface area (Å²) in [7, 11) is 0. The summed E-state index contributed by atoms with van der Waals surface area (Å²) in [6.45, 7) is 0.667. The standard InChI is InChI=1S/C23H18BrClN4O3/c24-15-1-3-17-18(21(30)14-7-13-8-16(25)2-4-20(13)32-11-14)10-29(19(17)9-15)12-23(5-6-23)22(31)27-28-26/h1-4,8-10,14H,5-7,11-12H2. The van der Waals surface area contributed by atoms with Gasteiger partial charge in [-0.05, 0) is 65.8 Å². The van der Waals surface area contributed by atoms with E-state index in [0.717, 1.165) is 26.7 Å². The molecule has 0 radical (unpaired) electrons. The number of Topliss-reactive ketones (excluding diaryl/α,β-unsaturated/α-hetero) is 1. The number of nitrogens with zero attached hydrogens (tertiary/aromatic N) is 4. The molecule has 1 unspecified atom stereocenters. The number of carbonyl (C=O) groups excluding carboxylic acids is 2. The topological polar surface area (TPSA) is 97.1 Å². The number of hydrogen-bond acceptors (Lipinski definition) is 3. The van der Waals surface area contributed by atoms with Crippen molar-refractivity contribution in [2.24, 2.45) is 16.4 Å². The zero-order chi connectivity index (χ0) is 22.5. The van der Waals surface area contributed by atoms with Gasteiger partial charge in [0.05, 0.1) is 17.9 Å². The van der Waals surface area contributed by atoms with E-state index in [0.29, 0.717) is 43.0 Å². The van der Waals surface area contributed by atoms with Crippen molar-refractivity contribution in [3.05, 3.63) is 73.7 Å². The van der Waals surface area contributed by atoms with Crippen LogP contribution in [0.4, 0.5) is 0 Å². The number of ether oxygens (including phenoxy) is 1. The molecule has 2 heterocycles. The Morgan fingerprint density at radius 2 is 2.09 bits per heavy atom. The van der Waals surface area contributed by atoms with Gasteiger partial charge in [0, 0.05) is 43.6 Å². The Hall–Kier alpha value is -2.80. The molecule has 1 fully saturated rings. The van der Waals surface area contributed by atoms with Gasteiger partial charge in [0.15, 0.2) is 5.78 Å². The number of aromatic nitrogens is 1. The van der Waals surface area contributed by atoms with Crippen LogP contribution in [0.1, 0.15) is 28.8 Å². The van der Waals surface area contributed by atoms with Gasteiger partial charge in [-0.15, -0.1) is 0 Å². The quantitative estimate of drug-likeness (QED) is 0.178. The number of hydrogen-bond donors (Lipinski definition) is 0. The first kappa shape index (κ1) is 21.1. The number of ketones is 1. The molecular formula is C23H18BrClN4O3. The van der Waals surface area contributed by atoms with Crippen LogP contribution in [0, 0.1) is 11.3 Å². The predicted molar refractivity (Wildman–Crippen MR) is 124 cm³/mol. The summed E-state index contributed by atoms with van der Waals surface area (Å²) >= 11 is 9.63. The zero-order valence-electron chi connectivity index (χ0n) is 16.9. The van der Waals surface area contributed by atoms with E-state index in [-0.39, 0.29) is 11.7 Å². The number of benzene rings is 2. The van der Waals surface area contributed by atoms with Crippen LogP contribution in [-0.2, 0) is 17.8 Å². The average molecular weight is 514 g/mol. The Kier molecular flexibility index (Phi) is 5.24. The first-order valence-corrected chi connectivity index (χ1v) is 11.4. The fourth-order valence-corrected chi connectivity index (χ4v) is 4.95. The maximum Gasteiger partial charge on any atom is 0.226 e. The minimum Gasteiger partial charge on any atom is -0.493 e. The molecule has 0 N–H and O–H groups in total. The summed E-state index contributed by atoms with van der Waals surface area (Å²) in [6, 6.07) is 11.2. The van der Waals surface area contributed by atoms with Gasteiger partial charge in [0.1, 0.15) is 5.75 Å². The van der Waals surface area contributed by atoms with E-state index in [1.807, 2.05) is 41.1 Å². The van der Waals surface area contributed by atoms with Crippen molar-refractivity contribution < 1.29 is 14.3 Å². The SMILES string of the molecule is [N-]=[N+]=NC(=O)C1(Cn2cc(C(=O)C3COc4ccc(Cl)cc4C3)c3ccc(Br)cc32)CC1. The monoisotopic (exact) mass is 512 g/mol. The summed E-state index contributed by atoms with van der Waals surface area (Å²) in [4.78, 5) is 28.5. The van der Waals surface area contributed by atoms with Gasteiger partial charge in [0.2, 0.25) is 5.91 Å². The van der Waals surface area contributed by atoms with Gasteiger partial charge >= 0.3 is 0 Å². The Morgan fingerprint density at radius 3 is 2.84 bits per heavy atom.